The Balaban J connectivity index is 2.29. The highest BCUT2D eigenvalue weighted by Gasteiger charge is 2.00. The van der Waals surface area contributed by atoms with E-state index in [-0.39, 0.29) is 5.97 Å². The molecule has 0 aliphatic heterocycles. The summed E-state index contributed by atoms with van der Waals surface area (Å²) in [5.74, 6) is 0.217. The van der Waals surface area contributed by atoms with Crippen LogP contribution in [0.3, 0.4) is 0 Å². The lowest BCUT2D eigenvalue weighted by molar-refractivity contribution is -0.137. The fraction of sp³-hybridized carbons (Fsp3) is 0.286. The minimum atomic E-state index is -0.179. The molecular weight excluding hydrogens is 180 g/mol. The molecule has 1 heterocycles. The Labute approximate surface area is 73.6 Å². The zero-order valence-corrected chi connectivity index (χ0v) is 7.71. The molecule has 1 aromatic rings. The van der Waals surface area contributed by atoms with Crippen LogP contribution in [0.15, 0.2) is 21.7 Å². The molecule has 0 unspecified atom stereocenters. The van der Waals surface area contributed by atoms with Crippen molar-refractivity contribution in [3.63, 3.8) is 0 Å². The third-order valence-corrected chi connectivity index (χ3v) is 2.88. The molecule has 60 valence electrons. The molecule has 11 heavy (non-hydrogen) atoms. The third kappa shape index (κ3) is 2.95. The number of thiophene rings is 1. The normalized spacial score (nSPS) is 9.55. The minimum absolute atomic E-state index is 0.179. The van der Waals surface area contributed by atoms with Crippen molar-refractivity contribution >= 4 is 29.1 Å². The van der Waals surface area contributed by atoms with Gasteiger partial charge in [0.2, 0.25) is 0 Å². The van der Waals surface area contributed by atoms with E-state index in [9.17, 15) is 4.79 Å². The van der Waals surface area contributed by atoms with Crippen molar-refractivity contribution in [3.05, 3.63) is 16.8 Å². The Hall–Kier alpha value is -0.480. The van der Waals surface area contributed by atoms with Crippen molar-refractivity contribution < 1.29 is 9.53 Å². The van der Waals surface area contributed by atoms with Gasteiger partial charge in [0.05, 0.1) is 12.9 Å². The van der Waals surface area contributed by atoms with Crippen LogP contribution in [0.25, 0.3) is 0 Å². The first-order chi connectivity index (χ1) is 5.33. The fourth-order valence-corrected chi connectivity index (χ4v) is 2.14. The summed E-state index contributed by atoms with van der Waals surface area (Å²) in [5.41, 5.74) is 0. The van der Waals surface area contributed by atoms with Gasteiger partial charge in [0.1, 0.15) is 0 Å². The Morgan fingerprint density at radius 1 is 1.82 bits per heavy atom. The highest BCUT2D eigenvalue weighted by Crippen LogP contribution is 2.20. The lowest BCUT2D eigenvalue weighted by Gasteiger charge is -1.95. The summed E-state index contributed by atoms with van der Waals surface area (Å²) in [5, 5.41) is 3.99. The molecule has 0 bridgehead atoms. The summed E-state index contributed by atoms with van der Waals surface area (Å²) in [6.45, 7) is 0. The van der Waals surface area contributed by atoms with Crippen LogP contribution in [0.2, 0.25) is 0 Å². The summed E-state index contributed by atoms with van der Waals surface area (Å²) in [4.78, 5) is 11.8. The van der Waals surface area contributed by atoms with E-state index in [4.69, 9.17) is 0 Å². The van der Waals surface area contributed by atoms with Gasteiger partial charge in [0, 0.05) is 10.3 Å². The molecule has 0 aliphatic rings. The quantitative estimate of drug-likeness (QED) is 0.536. The maximum absolute atomic E-state index is 10.7. The van der Waals surface area contributed by atoms with Crippen LogP contribution in [0, 0.1) is 0 Å². The molecule has 0 fully saturated rings. The summed E-state index contributed by atoms with van der Waals surface area (Å²) < 4.78 is 4.49. The van der Waals surface area contributed by atoms with Gasteiger partial charge in [-0.3, -0.25) is 4.79 Å². The number of rotatable bonds is 3. The number of esters is 1. The van der Waals surface area contributed by atoms with Crippen molar-refractivity contribution in [2.75, 3.05) is 12.9 Å². The smallest absolute Gasteiger partial charge is 0.315 e. The number of carbonyl (C=O) groups is 1. The number of methoxy groups -OCH3 is 1. The molecule has 4 heteroatoms. The molecule has 0 aliphatic carbocycles. The second kappa shape index (κ2) is 4.41. The summed E-state index contributed by atoms with van der Waals surface area (Å²) in [6, 6.07) is 1.98. The minimum Gasteiger partial charge on any atom is -0.468 e. The predicted octanol–water partition coefficient (Wildman–Crippen LogP) is 2.01. The van der Waals surface area contributed by atoms with Crippen molar-refractivity contribution in [1.82, 2.24) is 0 Å². The molecule has 0 radical (unpaired) electrons. The van der Waals surface area contributed by atoms with Gasteiger partial charge in [-0.05, 0) is 11.4 Å². The van der Waals surface area contributed by atoms with Crippen LogP contribution in [-0.2, 0) is 9.53 Å². The maximum atomic E-state index is 10.7. The van der Waals surface area contributed by atoms with Gasteiger partial charge >= 0.3 is 5.97 Å². The second-order valence-electron chi connectivity index (χ2n) is 1.82. The predicted molar refractivity (Wildman–Crippen MR) is 47.1 cm³/mol. The van der Waals surface area contributed by atoms with E-state index in [0.29, 0.717) is 5.75 Å². The number of ether oxygens (including phenoxy) is 1. The lowest BCUT2D eigenvalue weighted by Crippen LogP contribution is -2.02. The van der Waals surface area contributed by atoms with Crippen LogP contribution < -0.4 is 0 Å². The summed E-state index contributed by atoms with van der Waals surface area (Å²) in [7, 11) is 1.40. The van der Waals surface area contributed by atoms with Crippen molar-refractivity contribution in [3.8, 4) is 0 Å². The van der Waals surface area contributed by atoms with Gasteiger partial charge in [0.25, 0.3) is 0 Å². The first kappa shape index (κ1) is 8.62. The average Bonchev–Trinajstić information content (AvgIpc) is 2.52. The number of hydrogen-bond donors (Lipinski definition) is 0. The SMILES string of the molecule is COC(=O)CSc1ccsc1. The van der Waals surface area contributed by atoms with Gasteiger partial charge in [-0.25, -0.2) is 0 Å². The first-order valence-corrected chi connectivity index (χ1v) is 4.97. The van der Waals surface area contributed by atoms with Crippen LogP contribution in [0.5, 0.6) is 0 Å². The van der Waals surface area contributed by atoms with Crippen LogP contribution in [0.1, 0.15) is 0 Å². The molecule has 0 aromatic carbocycles. The molecule has 0 saturated heterocycles. The Morgan fingerprint density at radius 3 is 3.18 bits per heavy atom. The van der Waals surface area contributed by atoms with Gasteiger partial charge in [-0.1, -0.05) is 0 Å². The van der Waals surface area contributed by atoms with E-state index < -0.39 is 0 Å². The topological polar surface area (TPSA) is 26.3 Å². The molecule has 1 aromatic heterocycles. The van der Waals surface area contributed by atoms with Crippen molar-refractivity contribution in [1.29, 1.82) is 0 Å². The number of thioether (sulfide) groups is 1. The Kier molecular flexibility index (Phi) is 3.45. The zero-order chi connectivity index (χ0) is 8.10. The van der Waals surface area contributed by atoms with Crippen molar-refractivity contribution in [2.24, 2.45) is 0 Å². The monoisotopic (exact) mass is 188 g/mol. The standard InChI is InChI=1S/C7H8O2S2/c1-9-7(8)5-11-6-2-3-10-4-6/h2-4H,5H2,1H3. The third-order valence-electron chi connectivity index (χ3n) is 1.08. The molecule has 2 nitrogen and oxygen atoms in total. The Bertz CT molecular complexity index is 218. The Morgan fingerprint density at radius 2 is 2.64 bits per heavy atom. The van der Waals surface area contributed by atoms with Crippen LogP contribution in [-0.4, -0.2) is 18.8 Å². The van der Waals surface area contributed by atoms with E-state index in [1.54, 1.807) is 11.3 Å². The molecule has 0 spiro atoms. The van der Waals surface area contributed by atoms with Gasteiger partial charge < -0.3 is 4.74 Å². The van der Waals surface area contributed by atoms with E-state index in [0.717, 1.165) is 4.90 Å². The van der Waals surface area contributed by atoms with Gasteiger partial charge in [-0.2, -0.15) is 11.3 Å². The summed E-state index contributed by atoms with van der Waals surface area (Å²) in [6.07, 6.45) is 0. The highest BCUT2D eigenvalue weighted by atomic mass is 32.2. The average molecular weight is 188 g/mol. The van der Waals surface area contributed by atoms with Crippen LogP contribution >= 0.6 is 23.1 Å². The number of hydrogen-bond acceptors (Lipinski definition) is 4. The van der Waals surface area contributed by atoms with E-state index in [2.05, 4.69) is 4.74 Å². The largest absolute Gasteiger partial charge is 0.468 e. The molecule has 0 atom stereocenters. The molecule has 1 rings (SSSR count). The second-order valence-corrected chi connectivity index (χ2v) is 3.65. The lowest BCUT2D eigenvalue weighted by atomic mass is 10.7. The molecule has 0 N–H and O–H groups in total. The number of carbonyl (C=O) groups excluding carboxylic acids is 1. The molecular formula is C7H8O2S2. The van der Waals surface area contributed by atoms with Crippen LogP contribution in [0.4, 0.5) is 0 Å². The van der Waals surface area contributed by atoms with E-state index >= 15 is 0 Å². The maximum Gasteiger partial charge on any atom is 0.315 e. The van der Waals surface area contributed by atoms with E-state index in [1.165, 1.54) is 18.9 Å². The van der Waals surface area contributed by atoms with Crippen molar-refractivity contribution in [2.45, 2.75) is 4.90 Å². The van der Waals surface area contributed by atoms with Gasteiger partial charge in [-0.15, -0.1) is 11.8 Å². The first-order valence-electron chi connectivity index (χ1n) is 3.04. The summed E-state index contributed by atoms with van der Waals surface area (Å²) >= 11 is 3.12. The van der Waals surface area contributed by atoms with E-state index in [1.807, 2.05) is 16.8 Å². The molecule has 0 saturated carbocycles. The fourth-order valence-electron chi connectivity index (χ4n) is 0.535. The van der Waals surface area contributed by atoms with Gasteiger partial charge in [0.15, 0.2) is 0 Å². The highest BCUT2D eigenvalue weighted by molar-refractivity contribution is 8.00. The zero-order valence-electron chi connectivity index (χ0n) is 6.07. The molecule has 0 amide bonds.